The number of nitrogens with one attached hydrogen (secondary N) is 1. The normalized spacial score (nSPS) is 37.4. The molecule has 23 heavy (non-hydrogen) atoms. The molecule has 1 aromatic rings. The van der Waals surface area contributed by atoms with Crippen LogP contribution in [-0.4, -0.2) is 10.2 Å². The molecule has 4 aliphatic rings. The van der Waals surface area contributed by atoms with Crippen molar-refractivity contribution >= 4 is 27.5 Å². The van der Waals surface area contributed by atoms with E-state index in [-0.39, 0.29) is 11.3 Å². The van der Waals surface area contributed by atoms with E-state index in [4.69, 9.17) is 5.26 Å². The van der Waals surface area contributed by atoms with Crippen LogP contribution in [0.25, 0.3) is 0 Å². The van der Waals surface area contributed by atoms with Gasteiger partial charge in [0.25, 0.3) is 0 Å². The van der Waals surface area contributed by atoms with Crippen molar-refractivity contribution in [2.24, 2.45) is 17.3 Å². The van der Waals surface area contributed by atoms with Gasteiger partial charge in [0, 0.05) is 16.4 Å². The van der Waals surface area contributed by atoms with E-state index in [0.29, 0.717) is 16.3 Å². The highest BCUT2D eigenvalue weighted by Gasteiger charge is 2.57. The Morgan fingerprint density at radius 3 is 2.43 bits per heavy atom. The number of amides is 1. The molecule has 4 bridgehead atoms. The first kappa shape index (κ1) is 15.2. The summed E-state index contributed by atoms with van der Waals surface area (Å²) in [5.41, 5.74) is 1.60. The number of halogens is 1. The lowest BCUT2D eigenvalue weighted by Crippen LogP contribution is -2.53. The van der Waals surface area contributed by atoms with Gasteiger partial charge in [0.05, 0.1) is 11.6 Å². The number of nitriles is 1. The summed E-state index contributed by atoms with van der Waals surface area (Å²) in [5, 5.41) is 11.9. The average Bonchev–Trinajstić information content (AvgIpc) is 2.44. The molecule has 3 nitrogen and oxygen atoms in total. The molecular formula is C19H21BrN2O. The molecule has 0 saturated heterocycles. The van der Waals surface area contributed by atoms with Gasteiger partial charge in [-0.15, -0.1) is 0 Å². The largest absolute Gasteiger partial charge is 0.326 e. The van der Waals surface area contributed by atoms with Crippen molar-refractivity contribution in [3.8, 4) is 6.07 Å². The maximum absolute atomic E-state index is 12.6. The number of carbonyl (C=O) groups is 1. The lowest BCUT2D eigenvalue weighted by molar-refractivity contribution is -0.123. The molecular weight excluding hydrogens is 352 g/mol. The molecule has 0 aromatic heterocycles. The number of rotatable bonds is 3. The number of anilines is 1. The van der Waals surface area contributed by atoms with Gasteiger partial charge >= 0.3 is 0 Å². The SMILES string of the molecule is N#Cc1ccc(NC(=O)CC23CC4CC(CC(Br)(C4)C2)C3)cc1. The zero-order chi connectivity index (χ0) is 16.1. The number of nitrogens with zero attached hydrogens (tertiary/aromatic N) is 1. The molecule has 1 aromatic carbocycles. The Hall–Kier alpha value is -1.34. The fourth-order valence-electron chi connectivity index (χ4n) is 5.72. The van der Waals surface area contributed by atoms with Crippen LogP contribution in [0.4, 0.5) is 5.69 Å². The topological polar surface area (TPSA) is 52.9 Å². The van der Waals surface area contributed by atoms with Crippen LogP contribution in [0.1, 0.15) is 50.5 Å². The predicted octanol–water partition coefficient (Wildman–Crippen LogP) is 4.62. The summed E-state index contributed by atoms with van der Waals surface area (Å²) in [4.78, 5) is 12.6. The minimum Gasteiger partial charge on any atom is -0.326 e. The molecule has 4 aliphatic carbocycles. The molecule has 0 aliphatic heterocycles. The predicted molar refractivity (Wildman–Crippen MR) is 93.2 cm³/mol. The maximum Gasteiger partial charge on any atom is 0.224 e. The molecule has 2 unspecified atom stereocenters. The Morgan fingerprint density at radius 2 is 1.87 bits per heavy atom. The number of carbonyl (C=O) groups excluding carboxylic acids is 1. The van der Waals surface area contributed by atoms with Crippen molar-refractivity contribution < 1.29 is 4.79 Å². The molecule has 2 atom stereocenters. The fraction of sp³-hybridized carbons (Fsp3) is 0.579. The molecule has 5 rings (SSSR count). The van der Waals surface area contributed by atoms with E-state index in [1.807, 2.05) is 12.1 Å². The first-order valence-corrected chi connectivity index (χ1v) is 9.26. The minimum absolute atomic E-state index is 0.118. The van der Waals surface area contributed by atoms with Crippen LogP contribution >= 0.6 is 15.9 Å². The second-order valence-electron chi connectivity index (χ2n) is 8.03. The lowest BCUT2D eigenvalue weighted by Gasteiger charge is -2.60. The Morgan fingerprint density at radius 1 is 1.22 bits per heavy atom. The van der Waals surface area contributed by atoms with E-state index in [0.717, 1.165) is 23.9 Å². The highest BCUT2D eigenvalue weighted by atomic mass is 79.9. The van der Waals surface area contributed by atoms with Gasteiger partial charge in [0.2, 0.25) is 5.91 Å². The average molecular weight is 373 g/mol. The van der Waals surface area contributed by atoms with Crippen molar-refractivity contribution in [1.82, 2.24) is 0 Å². The standard InChI is InChI=1S/C19H21BrN2O/c20-19-8-14-5-15(9-19)7-18(6-14,12-19)10-17(23)22-16-3-1-13(11-21)2-4-16/h1-4,14-15H,5-10,12H2,(H,22,23). The Labute approximate surface area is 145 Å². The lowest BCUT2D eigenvalue weighted by atomic mass is 9.48. The van der Waals surface area contributed by atoms with E-state index in [2.05, 4.69) is 27.3 Å². The van der Waals surface area contributed by atoms with Gasteiger partial charge in [-0.3, -0.25) is 4.79 Å². The molecule has 120 valence electrons. The quantitative estimate of drug-likeness (QED) is 0.786. The smallest absolute Gasteiger partial charge is 0.224 e. The summed E-state index contributed by atoms with van der Waals surface area (Å²) in [6.07, 6.45) is 8.17. The molecule has 4 fully saturated rings. The van der Waals surface area contributed by atoms with Crippen molar-refractivity contribution in [2.45, 2.75) is 49.3 Å². The van der Waals surface area contributed by atoms with Crippen molar-refractivity contribution in [3.05, 3.63) is 29.8 Å². The molecule has 4 saturated carbocycles. The van der Waals surface area contributed by atoms with Crippen LogP contribution in [0.5, 0.6) is 0 Å². The fourth-order valence-corrected chi connectivity index (χ4v) is 7.23. The summed E-state index contributed by atoms with van der Waals surface area (Å²) >= 11 is 4.00. The molecule has 4 heteroatoms. The van der Waals surface area contributed by atoms with Gasteiger partial charge in [-0.25, -0.2) is 0 Å². The van der Waals surface area contributed by atoms with Gasteiger partial charge in [0.15, 0.2) is 0 Å². The number of hydrogen-bond acceptors (Lipinski definition) is 2. The van der Waals surface area contributed by atoms with E-state index in [9.17, 15) is 4.79 Å². The summed E-state index contributed by atoms with van der Waals surface area (Å²) in [5.74, 6) is 1.73. The van der Waals surface area contributed by atoms with Crippen molar-refractivity contribution in [2.75, 3.05) is 5.32 Å². The van der Waals surface area contributed by atoms with Crippen LogP contribution in [-0.2, 0) is 4.79 Å². The Balaban J connectivity index is 1.45. The van der Waals surface area contributed by atoms with Crippen LogP contribution in [0.2, 0.25) is 0 Å². The second kappa shape index (κ2) is 5.34. The molecule has 1 N–H and O–H groups in total. The monoisotopic (exact) mass is 372 g/mol. The first-order valence-electron chi connectivity index (χ1n) is 8.47. The number of benzene rings is 1. The van der Waals surface area contributed by atoms with Gasteiger partial charge in [-0.05, 0) is 80.0 Å². The van der Waals surface area contributed by atoms with Crippen LogP contribution in [0.15, 0.2) is 24.3 Å². The molecule has 0 radical (unpaired) electrons. The maximum atomic E-state index is 12.6. The van der Waals surface area contributed by atoms with E-state index in [1.165, 1.54) is 32.1 Å². The molecule has 1 amide bonds. The number of alkyl halides is 1. The first-order chi connectivity index (χ1) is 11.0. The summed E-state index contributed by atoms with van der Waals surface area (Å²) < 4.78 is 0.297. The highest BCUT2D eigenvalue weighted by Crippen LogP contribution is 2.65. The van der Waals surface area contributed by atoms with Crippen molar-refractivity contribution in [1.29, 1.82) is 5.26 Å². The summed E-state index contributed by atoms with van der Waals surface area (Å²) in [6, 6.07) is 9.20. The zero-order valence-corrected chi connectivity index (χ0v) is 14.7. The summed E-state index contributed by atoms with van der Waals surface area (Å²) in [6.45, 7) is 0. The summed E-state index contributed by atoms with van der Waals surface area (Å²) in [7, 11) is 0. The van der Waals surface area contributed by atoms with Crippen LogP contribution < -0.4 is 5.32 Å². The van der Waals surface area contributed by atoms with Crippen LogP contribution in [0, 0.1) is 28.6 Å². The number of hydrogen-bond donors (Lipinski definition) is 1. The zero-order valence-electron chi connectivity index (χ0n) is 13.1. The van der Waals surface area contributed by atoms with E-state index >= 15 is 0 Å². The third-order valence-corrected chi connectivity index (χ3v) is 6.87. The molecule has 0 spiro atoms. The van der Waals surface area contributed by atoms with Gasteiger partial charge < -0.3 is 5.32 Å². The second-order valence-corrected chi connectivity index (χ2v) is 9.71. The third kappa shape index (κ3) is 2.92. The van der Waals surface area contributed by atoms with Gasteiger partial charge in [-0.1, -0.05) is 15.9 Å². The van der Waals surface area contributed by atoms with Crippen LogP contribution in [0.3, 0.4) is 0 Å². The molecule has 0 heterocycles. The minimum atomic E-state index is 0.118. The van der Waals surface area contributed by atoms with Gasteiger partial charge in [0.1, 0.15) is 0 Å². The Kier molecular flexibility index (Phi) is 3.53. The highest BCUT2D eigenvalue weighted by molar-refractivity contribution is 9.10. The van der Waals surface area contributed by atoms with Crippen molar-refractivity contribution in [3.63, 3.8) is 0 Å². The third-order valence-electron chi connectivity index (χ3n) is 5.94. The Bertz CT molecular complexity index is 662. The van der Waals surface area contributed by atoms with E-state index in [1.54, 1.807) is 12.1 Å². The van der Waals surface area contributed by atoms with Gasteiger partial charge in [-0.2, -0.15) is 5.26 Å². The van der Waals surface area contributed by atoms with E-state index < -0.39 is 0 Å².